The molecule has 0 heterocycles. The number of benzene rings is 1. The molecule has 0 aliphatic carbocycles. The Kier molecular flexibility index (Phi) is 8.06. The fraction of sp³-hybridized carbons (Fsp3) is 0.611. The van der Waals surface area contributed by atoms with E-state index in [0.29, 0.717) is 12.2 Å². The van der Waals surface area contributed by atoms with Crippen LogP contribution in [0.15, 0.2) is 30.3 Å². The van der Waals surface area contributed by atoms with Gasteiger partial charge in [-0.1, -0.05) is 44.4 Å². The van der Waals surface area contributed by atoms with Crippen molar-refractivity contribution in [2.75, 3.05) is 33.8 Å². The van der Waals surface area contributed by atoms with Crippen LogP contribution in [0.2, 0.25) is 0 Å². The maximum absolute atomic E-state index is 11.8. The first-order chi connectivity index (χ1) is 10.0. The molecule has 0 fully saturated rings. The largest absolute Gasteiger partial charge is 0.456 e. The lowest BCUT2D eigenvalue weighted by Gasteiger charge is -2.29. The molecule has 0 saturated heterocycles. The zero-order chi connectivity index (χ0) is 15.6. The first kappa shape index (κ1) is 17.7. The predicted molar refractivity (Wildman–Crippen MR) is 87.3 cm³/mol. The van der Waals surface area contributed by atoms with Crippen LogP contribution < -0.4 is 0 Å². The van der Waals surface area contributed by atoms with Crippen LogP contribution in [-0.2, 0) is 4.74 Å². The summed E-state index contributed by atoms with van der Waals surface area (Å²) in [5.74, 6) is -0.224. The molecule has 1 aromatic carbocycles. The number of carbonyl (C=O) groups excluding carboxylic acids is 1. The van der Waals surface area contributed by atoms with Crippen molar-refractivity contribution in [2.45, 2.75) is 39.0 Å². The zero-order valence-electron chi connectivity index (χ0n) is 13.8. The molecule has 0 N–H and O–H groups in total. The van der Waals surface area contributed by atoms with E-state index in [-0.39, 0.29) is 5.97 Å². The topological polar surface area (TPSA) is 26.3 Å². The third-order valence-corrected chi connectivity index (χ3v) is 3.81. The zero-order valence-corrected chi connectivity index (χ0v) is 13.8. The van der Waals surface area contributed by atoms with Crippen LogP contribution in [-0.4, -0.2) is 44.2 Å². The molecule has 1 aromatic rings. The molecular weight excluding hydrogens is 262 g/mol. The van der Waals surface area contributed by atoms with E-state index in [2.05, 4.69) is 21.0 Å². The van der Waals surface area contributed by atoms with Gasteiger partial charge >= 0.3 is 5.97 Å². The van der Waals surface area contributed by atoms with Crippen molar-refractivity contribution >= 4 is 5.97 Å². The van der Waals surface area contributed by atoms with E-state index in [9.17, 15) is 4.79 Å². The highest BCUT2D eigenvalue weighted by Crippen LogP contribution is 2.07. The van der Waals surface area contributed by atoms with E-state index in [1.54, 1.807) is 12.1 Å². The van der Waals surface area contributed by atoms with Gasteiger partial charge in [0.15, 0.2) is 0 Å². The summed E-state index contributed by atoms with van der Waals surface area (Å²) in [6.07, 6.45) is 6.51. The molecule has 21 heavy (non-hydrogen) atoms. The SMILES string of the molecule is CCCCCCC[N+](C)(C)CCOC(=O)c1ccccc1. The van der Waals surface area contributed by atoms with Crippen LogP contribution >= 0.6 is 0 Å². The molecule has 0 aromatic heterocycles. The van der Waals surface area contributed by atoms with Crippen LogP contribution in [0.4, 0.5) is 0 Å². The molecule has 0 saturated carbocycles. The Balaban J connectivity index is 2.19. The van der Waals surface area contributed by atoms with Gasteiger partial charge in [-0.15, -0.1) is 0 Å². The van der Waals surface area contributed by atoms with Gasteiger partial charge in [-0.05, 0) is 25.0 Å². The molecule has 3 heteroatoms. The summed E-state index contributed by atoms with van der Waals surface area (Å²) in [4.78, 5) is 11.8. The minimum Gasteiger partial charge on any atom is -0.456 e. The van der Waals surface area contributed by atoms with Crippen LogP contribution in [0.3, 0.4) is 0 Å². The Morgan fingerprint density at radius 1 is 1.00 bits per heavy atom. The third-order valence-electron chi connectivity index (χ3n) is 3.81. The summed E-state index contributed by atoms with van der Waals surface area (Å²) < 4.78 is 6.27. The van der Waals surface area contributed by atoms with Crippen molar-refractivity contribution in [1.82, 2.24) is 0 Å². The standard InChI is InChI=1S/C18H30NO2/c1-4-5-6-7-11-14-19(2,3)15-16-21-18(20)17-12-9-8-10-13-17/h8-10,12-13H,4-7,11,14-16H2,1-3H3/q+1. The van der Waals surface area contributed by atoms with Crippen LogP contribution in [0.25, 0.3) is 0 Å². The van der Waals surface area contributed by atoms with Gasteiger partial charge in [0, 0.05) is 0 Å². The number of esters is 1. The number of nitrogens with zero attached hydrogens (tertiary/aromatic N) is 1. The molecule has 3 nitrogen and oxygen atoms in total. The number of quaternary nitrogens is 1. The maximum Gasteiger partial charge on any atom is 0.338 e. The second-order valence-electron chi connectivity index (χ2n) is 6.30. The lowest BCUT2D eigenvalue weighted by molar-refractivity contribution is -0.890. The lowest BCUT2D eigenvalue weighted by Crippen LogP contribution is -2.43. The Hall–Kier alpha value is -1.35. The van der Waals surface area contributed by atoms with Gasteiger partial charge in [-0.2, -0.15) is 0 Å². The normalized spacial score (nSPS) is 11.4. The third kappa shape index (κ3) is 7.86. The molecule has 118 valence electrons. The lowest BCUT2D eigenvalue weighted by atomic mass is 10.1. The highest BCUT2D eigenvalue weighted by Gasteiger charge is 2.15. The van der Waals surface area contributed by atoms with Crippen molar-refractivity contribution in [3.63, 3.8) is 0 Å². The molecule has 0 bridgehead atoms. The highest BCUT2D eigenvalue weighted by atomic mass is 16.5. The molecule has 0 aliphatic heterocycles. The number of hydrogen-bond acceptors (Lipinski definition) is 2. The van der Waals surface area contributed by atoms with Crippen molar-refractivity contribution in [2.24, 2.45) is 0 Å². The molecule has 0 atom stereocenters. The summed E-state index contributed by atoms with van der Waals surface area (Å²) in [7, 11) is 4.41. The Bertz CT molecular complexity index is 401. The quantitative estimate of drug-likeness (QED) is 0.371. The number of rotatable bonds is 10. The van der Waals surface area contributed by atoms with Gasteiger partial charge in [0.2, 0.25) is 0 Å². The molecule has 0 amide bonds. The highest BCUT2D eigenvalue weighted by molar-refractivity contribution is 5.89. The van der Waals surface area contributed by atoms with Crippen LogP contribution in [0.1, 0.15) is 49.4 Å². The summed E-state index contributed by atoms with van der Waals surface area (Å²) >= 11 is 0. The number of unbranched alkanes of at least 4 members (excludes halogenated alkanes) is 4. The monoisotopic (exact) mass is 292 g/mol. The number of likely N-dealkylation sites (N-methyl/N-ethyl adjacent to an activating group) is 1. The van der Waals surface area contributed by atoms with E-state index in [0.717, 1.165) is 17.6 Å². The van der Waals surface area contributed by atoms with E-state index in [1.165, 1.54) is 32.1 Å². The van der Waals surface area contributed by atoms with E-state index >= 15 is 0 Å². The van der Waals surface area contributed by atoms with Gasteiger partial charge in [-0.3, -0.25) is 0 Å². The predicted octanol–water partition coefficient (Wildman–Crippen LogP) is 3.89. The number of ether oxygens (including phenoxy) is 1. The van der Waals surface area contributed by atoms with Gasteiger partial charge < -0.3 is 9.22 Å². The smallest absolute Gasteiger partial charge is 0.338 e. The van der Waals surface area contributed by atoms with Crippen LogP contribution in [0, 0.1) is 0 Å². The maximum atomic E-state index is 11.8. The van der Waals surface area contributed by atoms with Gasteiger partial charge in [0.25, 0.3) is 0 Å². The average Bonchev–Trinajstić information content (AvgIpc) is 2.47. The van der Waals surface area contributed by atoms with E-state index in [1.807, 2.05) is 18.2 Å². The summed E-state index contributed by atoms with van der Waals surface area (Å²) in [5.41, 5.74) is 0.627. The molecule has 0 spiro atoms. The Morgan fingerprint density at radius 3 is 2.33 bits per heavy atom. The Morgan fingerprint density at radius 2 is 1.67 bits per heavy atom. The molecule has 0 unspecified atom stereocenters. The molecular formula is C18H30NO2+. The molecule has 1 rings (SSSR count). The van der Waals surface area contributed by atoms with Crippen LogP contribution in [0.5, 0.6) is 0 Å². The fourth-order valence-electron chi connectivity index (χ4n) is 2.30. The first-order valence-electron chi connectivity index (χ1n) is 8.09. The number of carbonyl (C=O) groups is 1. The van der Waals surface area contributed by atoms with Crippen molar-refractivity contribution in [3.05, 3.63) is 35.9 Å². The van der Waals surface area contributed by atoms with Gasteiger partial charge in [-0.25, -0.2) is 4.79 Å². The number of hydrogen-bond donors (Lipinski definition) is 0. The van der Waals surface area contributed by atoms with Crippen molar-refractivity contribution < 1.29 is 14.0 Å². The van der Waals surface area contributed by atoms with Crippen molar-refractivity contribution in [1.29, 1.82) is 0 Å². The minimum absolute atomic E-state index is 0.224. The van der Waals surface area contributed by atoms with Crippen molar-refractivity contribution in [3.8, 4) is 0 Å². The summed E-state index contributed by atoms with van der Waals surface area (Å²) in [5, 5.41) is 0. The van der Waals surface area contributed by atoms with Gasteiger partial charge in [0.05, 0.1) is 26.2 Å². The fourth-order valence-corrected chi connectivity index (χ4v) is 2.30. The Labute approximate surface area is 129 Å². The van der Waals surface area contributed by atoms with Gasteiger partial charge in [0.1, 0.15) is 13.2 Å². The average molecular weight is 292 g/mol. The first-order valence-corrected chi connectivity index (χ1v) is 8.09. The van der Waals surface area contributed by atoms with E-state index in [4.69, 9.17) is 4.74 Å². The summed E-state index contributed by atoms with van der Waals surface area (Å²) in [6, 6.07) is 9.18. The second kappa shape index (κ2) is 9.56. The molecule has 0 radical (unpaired) electrons. The minimum atomic E-state index is -0.224. The molecule has 0 aliphatic rings. The van der Waals surface area contributed by atoms with E-state index < -0.39 is 0 Å². The second-order valence-corrected chi connectivity index (χ2v) is 6.30. The summed E-state index contributed by atoms with van der Waals surface area (Å²) in [6.45, 7) is 4.73.